The summed E-state index contributed by atoms with van der Waals surface area (Å²) >= 11 is 18.1. The van der Waals surface area contributed by atoms with Crippen LogP contribution >= 0.6 is 34.8 Å². The van der Waals surface area contributed by atoms with Crippen LogP contribution in [0.2, 0.25) is 15.3 Å². The van der Waals surface area contributed by atoms with Crippen molar-refractivity contribution in [2.24, 2.45) is 0 Å². The summed E-state index contributed by atoms with van der Waals surface area (Å²) in [6, 6.07) is 7.55. The molecule has 0 aliphatic heterocycles. The van der Waals surface area contributed by atoms with Crippen molar-refractivity contribution in [3.05, 3.63) is 56.5 Å². The molecule has 0 fully saturated rings. The second-order valence-corrected chi connectivity index (χ2v) is 5.41. The van der Waals surface area contributed by atoms with Gasteiger partial charge in [-0.2, -0.15) is 0 Å². The van der Waals surface area contributed by atoms with Crippen molar-refractivity contribution >= 4 is 34.8 Å². The van der Waals surface area contributed by atoms with E-state index in [0.29, 0.717) is 27.6 Å². The zero-order valence-electron chi connectivity index (χ0n) is 10.5. The SMILES string of the molecule is CCCc1c(Cl)nc(Cc2ccc(Cl)cc2)nc1Cl. The summed E-state index contributed by atoms with van der Waals surface area (Å²) in [5, 5.41) is 1.61. The smallest absolute Gasteiger partial charge is 0.137 e. The zero-order valence-corrected chi connectivity index (χ0v) is 12.7. The van der Waals surface area contributed by atoms with Crippen molar-refractivity contribution in [1.29, 1.82) is 0 Å². The monoisotopic (exact) mass is 314 g/mol. The van der Waals surface area contributed by atoms with Crippen LogP contribution in [0.25, 0.3) is 0 Å². The average Bonchev–Trinajstić information content (AvgIpc) is 2.37. The molecule has 5 heteroatoms. The number of hydrogen-bond acceptors (Lipinski definition) is 2. The number of benzene rings is 1. The van der Waals surface area contributed by atoms with Crippen LogP contribution in [0, 0.1) is 0 Å². The molecule has 100 valence electrons. The van der Waals surface area contributed by atoms with Gasteiger partial charge in [-0.1, -0.05) is 60.3 Å². The minimum absolute atomic E-state index is 0.450. The summed E-state index contributed by atoms with van der Waals surface area (Å²) in [4.78, 5) is 8.61. The van der Waals surface area contributed by atoms with Gasteiger partial charge < -0.3 is 0 Å². The lowest BCUT2D eigenvalue weighted by atomic mass is 10.1. The summed E-state index contributed by atoms with van der Waals surface area (Å²) < 4.78 is 0. The zero-order chi connectivity index (χ0) is 13.8. The van der Waals surface area contributed by atoms with E-state index in [1.165, 1.54) is 0 Å². The first-order chi connectivity index (χ1) is 9.10. The quantitative estimate of drug-likeness (QED) is 0.744. The summed E-state index contributed by atoms with van der Waals surface area (Å²) in [6.45, 7) is 2.06. The predicted molar refractivity (Wildman–Crippen MR) is 80.3 cm³/mol. The van der Waals surface area contributed by atoms with Crippen molar-refractivity contribution in [1.82, 2.24) is 9.97 Å². The molecule has 0 saturated carbocycles. The Balaban J connectivity index is 2.24. The van der Waals surface area contributed by atoms with Gasteiger partial charge in [0.2, 0.25) is 0 Å². The first-order valence-electron chi connectivity index (χ1n) is 6.05. The fourth-order valence-corrected chi connectivity index (χ4v) is 2.53. The number of rotatable bonds is 4. The van der Waals surface area contributed by atoms with Crippen LogP contribution in [0.1, 0.15) is 30.3 Å². The maximum absolute atomic E-state index is 6.15. The minimum Gasteiger partial charge on any atom is -0.220 e. The van der Waals surface area contributed by atoms with E-state index in [-0.39, 0.29) is 0 Å². The maximum Gasteiger partial charge on any atom is 0.137 e. The molecule has 0 N–H and O–H groups in total. The van der Waals surface area contributed by atoms with Crippen LogP contribution in [0.5, 0.6) is 0 Å². The van der Waals surface area contributed by atoms with Crippen molar-refractivity contribution in [3.63, 3.8) is 0 Å². The molecule has 0 aliphatic carbocycles. The molecular formula is C14H13Cl3N2. The molecule has 1 heterocycles. The summed E-state index contributed by atoms with van der Waals surface area (Å²) in [7, 11) is 0. The van der Waals surface area contributed by atoms with Gasteiger partial charge >= 0.3 is 0 Å². The highest BCUT2D eigenvalue weighted by Gasteiger charge is 2.11. The molecule has 0 atom stereocenters. The lowest BCUT2D eigenvalue weighted by Crippen LogP contribution is -2.01. The standard InChI is InChI=1S/C14H13Cl3N2/c1-2-3-11-13(16)18-12(19-14(11)17)8-9-4-6-10(15)7-5-9/h4-7H,2-3,8H2,1H3. The highest BCUT2D eigenvalue weighted by molar-refractivity contribution is 6.34. The lowest BCUT2D eigenvalue weighted by molar-refractivity contribution is 0.877. The Bertz CT molecular complexity index is 544. The van der Waals surface area contributed by atoms with Crippen LogP contribution in [-0.4, -0.2) is 9.97 Å². The molecule has 0 bridgehead atoms. The molecule has 2 nitrogen and oxygen atoms in total. The highest BCUT2D eigenvalue weighted by Crippen LogP contribution is 2.23. The summed E-state index contributed by atoms with van der Waals surface area (Å²) in [5.41, 5.74) is 1.89. The van der Waals surface area contributed by atoms with Gasteiger partial charge in [0.15, 0.2) is 0 Å². The van der Waals surface area contributed by atoms with Crippen LogP contribution in [0.15, 0.2) is 24.3 Å². The molecule has 19 heavy (non-hydrogen) atoms. The lowest BCUT2D eigenvalue weighted by Gasteiger charge is -2.07. The highest BCUT2D eigenvalue weighted by atomic mass is 35.5. The molecule has 1 aromatic heterocycles. The van der Waals surface area contributed by atoms with Crippen molar-refractivity contribution in [2.45, 2.75) is 26.2 Å². The van der Waals surface area contributed by atoms with Gasteiger partial charge in [0, 0.05) is 17.0 Å². The van der Waals surface area contributed by atoms with Gasteiger partial charge in [-0.15, -0.1) is 0 Å². The van der Waals surface area contributed by atoms with E-state index in [9.17, 15) is 0 Å². The van der Waals surface area contributed by atoms with Gasteiger partial charge in [0.1, 0.15) is 16.1 Å². The van der Waals surface area contributed by atoms with E-state index < -0.39 is 0 Å². The van der Waals surface area contributed by atoms with Crippen molar-refractivity contribution < 1.29 is 0 Å². The molecule has 0 saturated heterocycles. The second kappa shape index (κ2) is 6.56. The van der Waals surface area contributed by atoms with E-state index in [1.54, 1.807) is 0 Å². The Morgan fingerprint density at radius 1 is 0.947 bits per heavy atom. The molecule has 0 aliphatic rings. The summed E-state index contributed by atoms with van der Waals surface area (Å²) in [5.74, 6) is 0.622. The van der Waals surface area contributed by atoms with E-state index in [0.717, 1.165) is 24.0 Å². The molecular weight excluding hydrogens is 303 g/mol. The second-order valence-electron chi connectivity index (χ2n) is 4.25. The molecule has 0 unspecified atom stereocenters. The molecule has 2 aromatic rings. The molecule has 0 amide bonds. The van der Waals surface area contributed by atoms with E-state index in [2.05, 4.69) is 16.9 Å². The third-order valence-electron chi connectivity index (χ3n) is 2.73. The molecule has 0 radical (unpaired) electrons. The normalized spacial score (nSPS) is 10.7. The maximum atomic E-state index is 6.15. The topological polar surface area (TPSA) is 25.8 Å². The first kappa shape index (κ1) is 14.6. The van der Waals surface area contributed by atoms with Gasteiger partial charge in [0.05, 0.1) is 0 Å². The van der Waals surface area contributed by atoms with Crippen LogP contribution in [0.3, 0.4) is 0 Å². The third kappa shape index (κ3) is 3.82. The number of halogens is 3. The predicted octanol–water partition coefficient (Wildman–Crippen LogP) is 4.98. The third-order valence-corrected chi connectivity index (χ3v) is 3.61. The van der Waals surface area contributed by atoms with Gasteiger partial charge in [-0.05, 0) is 24.1 Å². The largest absolute Gasteiger partial charge is 0.220 e. The van der Waals surface area contributed by atoms with E-state index in [4.69, 9.17) is 34.8 Å². The fourth-order valence-electron chi connectivity index (χ4n) is 1.79. The Morgan fingerprint density at radius 3 is 2.05 bits per heavy atom. The Kier molecular flexibility index (Phi) is 5.03. The van der Waals surface area contributed by atoms with Crippen molar-refractivity contribution in [3.8, 4) is 0 Å². The number of nitrogens with zero attached hydrogens (tertiary/aromatic N) is 2. The summed E-state index contributed by atoms with van der Waals surface area (Å²) in [6.07, 6.45) is 2.33. The van der Waals surface area contributed by atoms with Crippen LogP contribution < -0.4 is 0 Å². The average molecular weight is 316 g/mol. The van der Waals surface area contributed by atoms with Gasteiger partial charge in [-0.25, -0.2) is 9.97 Å². The number of hydrogen-bond donors (Lipinski definition) is 0. The van der Waals surface area contributed by atoms with Gasteiger partial charge in [-0.3, -0.25) is 0 Å². The number of aromatic nitrogens is 2. The molecule has 2 rings (SSSR count). The van der Waals surface area contributed by atoms with E-state index in [1.807, 2.05) is 24.3 Å². The van der Waals surface area contributed by atoms with E-state index >= 15 is 0 Å². The Morgan fingerprint density at radius 2 is 1.53 bits per heavy atom. The fraction of sp³-hybridized carbons (Fsp3) is 0.286. The molecule has 0 spiro atoms. The van der Waals surface area contributed by atoms with Crippen molar-refractivity contribution in [2.75, 3.05) is 0 Å². The Labute approximate surface area is 127 Å². The van der Waals surface area contributed by atoms with Gasteiger partial charge in [0.25, 0.3) is 0 Å². The minimum atomic E-state index is 0.450. The molecule has 1 aromatic carbocycles. The first-order valence-corrected chi connectivity index (χ1v) is 7.18. The van der Waals surface area contributed by atoms with Crippen LogP contribution in [0.4, 0.5) is 0 Å². The Hall–Kier alpha value is -0.830. The van der Waals surface area contributed by atoms with Crippen LogP contribution in [-0.2, 0) is 12.8 Å².